The van der Waals surface area contributed by atoms with Gasteiger partial charge in [-0.05, 0) is 13.8 Å². The highest BCUT2D eigenvalue weighted by Crippen LogP contribution is 2.08. The number of likely N-dealkylation sites (N-methyl/N-ethyl adjacent to an activating group) is 1. The highest BCUT2D eigenvalue weighted by atomic mass is 16.5. The third-order valence-electron chi connectivity index (χ3n) is 2.77. The van der Waals surface area contributed by atoms with Gasteiger partial charge in [0.15, 0.2) is 6.10 Å². The van der Waals surface area contributed by atoms with Crippen molar-refractivity contribution >= 4 is 17.9 Å². The normalized spacial score (nSPS) is 18.8. The lowest BCUT2D eigenvalue weighted by atomic mass is 10.3. The predicted octanol–water partition coefficient (Wildman–Crippen LogP) is -0.652. The molecule has 0 aromatic rings. The SMILES string of the molecule is CC(C)NC(=O)CN(C)C(=O)N1CCOC(C(=O)O)C1. The smallest absolute Gasteiger partial charge is 0.334 e. The van der Waals surface area contributed by atoms with E-state index in [4.69, 9.17) is 9.84 Å². The summed E-state index contributed by atoms with van der Waals surface area (Å²) >= 11 is 0. The summed E-state index contributed by atoms with van der Waals surface area (Å²) < 4.78 is 5.04. The van der Waals surface area contributed by atoms with Crippen molar-refractivity contribution in [1.82, 2.24) is 15.1 Å². The van der Waals surface area contributed by atoms with Crippen LogP contribution in [0.25, 0.3) is 0 Å². The van der Waals surface area contributed by atoms with Gasteiger partial charge in [0.25, 0.3) is 0 Å². The van der Waals surface area contributed by atoms with Crippen molar-refractivity contribution in [2.45, 2.75) is 26.0 Å². The number of hydrogen-bond acceptors (Lipinski definition) is 4. The molecule has 8 heteroatoms. The van der Waals surface area contributed by atoms with E-state index in [2.05, 4.69) is 5.32 Å². The molecule has 1 unspecified atom stereocenters. The number of nitrogens with zero attached hydrogens (tertiary/aromatic N) is 2. The number of rotatable bonds is 4. The van der Waals surface area contributed by atoms with Crippen LogP contribution in [-0.2, 0) is 14.3 Å². The minimum absolute atomic E-state index is 0.00535. The fourth-order valence-electron chi connectivity index (χ4n) is 1.86. The topological polar surface area (TPSA) is 99.2 Å². The van der Waals surface area contributed by atoms with E-state index in [0.717, 1.165) is 0 Å². The van der Waals surface area contributed by atoms with Crippen molar-refractivity contribution in [3.8, 4) is 0 Å². The lowest BCUT2D eigenvalue weighted by molar-refractivity contribution is -0.154. The molecule has 0 aromatic heterocycles. The minimum Gasteiger partial charge on any atom is -0.479 e. The Morgan fingerprint density at radius 2 is 2.10 bits per heavy atom. The Balaban J connectivity index is 2.51. The molecule has 1 aliphatic rings. The Morgan fingerprint density at radius 3 is 2.65 bits per heavy atom. The van der Waals surface area contributed by atoms with Crippen LogP contribution in [0.15, 0.2) is 0 Å². The Labute approximate surface area is 117 Å². The molecule has 0 spiro atoms. The van der Waals surface area contributed by atoms with Crippen molar-refractivity contribution in [1.29, 1.82) is 0 Å². The first-order valence-corrected chi connectivity index (χ1v) is 6.45. The van der Waals surface area contributed by atoms with Crippen LogP contribution < -0.4 is 5.32 Å². The molecule has 0 aliphatic carbocycles. The van der Waals surface area contributed by atoms with Crippen molar-refractivity contribution < 1.29 is 24.2 Å². The maximum Gasteiger partial charge on any atom is 0.334 e. The lowest BCUT2D eigenvalue weighted by Gasteiger charge is -2.33. The van der Waals surface area contributed by atoms with E-state index < -0.39 is 12.1 Å². The fourth-order valence-corrected chi connectivity index (χ4v) is 1.86. The third-order valence-corrected chi connectivity index (χ3v) is 2.77. The summed E-state index contributed by atoms with van der Waals surface area (Å²) in [6, 6.07) is -0.371. The zero-order chi connectivity index (χ0) is 15.3. The van der Waals surface area contributed by atoms with Crippen LogP contribution >= 0.6 is 0 Å². The summed E-state index contributed by atoms with van der Waals surface area (Å²) in [7, 11) is 1.51. The number of carboxylic acid groups (broad SMARTS) is 1. The van der Waals surface area contributed by atoms with Gasteiger partial charge in [-0.15, -0.1) is 0 Å². The Morgan fingerprint density at radius 1 is 1.45 bits per heavy atom. The highest BCUT2D eigenvalue weighted by Gasteiger charge is 2.30. The van der Waals surface area contributed by atoms with Gasteiger partial charge in [-0.3, -0.25) is 4.79 Å². The molecule has 1 rings (SSSR count). The van der Waals surface area contributed by atoms with E-state index in [0.29, 0.717) is 6.54 Å². The monoisotopic (exact) mass is 287 g/mol. The van der Waals surface area contributed by atoms with Crippen molar-refractivity contribution in [3.63, 3.8) is 0 Å². The molecule has 20 heavy (non-hydrogen) atoms. The summed E-state index contributed by atoms with van der Waals surface area (Å²) in [6.07, 6.45) is -1.01. The zero-order valence-electron chi connectivity index (χ0n) is 12.0. The van der Waals surface area contributed by atoms with E-state index in [1.54, 1.807) is 0 Å². The summed E-state index contributed by atoms with van der Waals surface area (Å²) in [4.78, 5) is 37.2. The molecular weight excluding hydrogens is 266 g/mol. The van der Waals surface area contributed by atoms with Crippen LogP contribution in [0.4, 0.5) is 4.79 Å². The highest BCUT2D eigenvalue weighted by molar-refractivity contribution is 5.84. The molecule has 1 saturated heterocycles. The number of carbonyl (C=O) groups is 3. The predicted molar refractivity (Wildman–Crippen MR) is 70.3 cm³/mol. The van der Waals surface area contributed by atoms with Crippen LogP contribution in [0.5, 0.6) is 0 Å². The molecule has 1 fully saturated rings. The Bertz CT molecular complexity index is 385. The largest absolute Gasteiger partial charge is 0.479 e. The number of aliphatic carboxylic acids is 1. The van der Waals surface area contributed by atoms with Crippen LogP contribution in [-0.4, -0.2) is 78.2 Å². The van der Waals surface area contributed by atoms with E-state index >= 15 is 0 Å². The Kier molecular flexibility index (Phi) is 5.75. The van der Waals surface area contributed by atoms with Gasteiger partial charge >= 0.3 is 12.0 Å². The Hall–Kier alpha value is -1.83. The number of carboxylic acids is 1. The van der Waals surface area contributed by atoms with Gasteiger partial charge in [0.05, 0.1) is 13.2 Å². The summed E-state index contributed by atoms with van der Waals surface area (Å²) in [5.74, 6) is -1.35. The van der Waals surface area contributed by atoms with Gasteiger partial charge in [-0.25, -0.2) is 9.59 Å². The number of amides is 3. The maximum absolute atomic E-state index is 12.1. The molecule has 0 radical (unpaired) electrons. The van der Waals surface area contributed by atoms with Gasteiger partial charge in [0, 0.05) is 19.6 Å². The maximum atomic E-state index is 12.1. The first-order chi connectivity index (χ1) is 9.31. The lowest BCUT2D eigenvalue weighted by Crippen LogP contribution is -2.53. The van der Waals surface area contributed by atoms with E-state index in [9.17, 15) is 14.4 Å². The van der Waals surface area contributed by atoms with Crippen LogP contribution in [0.3, 0.4) is 0 Å². The standard InChI is InChI=1S/C12H21N3O5/c1-8(2)13-10(16)7-14(3)12(19)15-4-5-20-9(6-15)11(17)18/h8-9H,4-7H2,1-3H3,(H,13,16)(H,17,18). The average molecular weight is 287 g/mol. The van der Waals surface area contributed by atoms with Crippen LogP contribution in [0, 0.1) is 0 Å². The van der Waals surface area contributed by atoms with Gasteiger partial charge in [-0.1, -0.05) is 0 Å². The molecule has 0 saturated carbocycles. The first-order valence-electron chi connectivity index (χ1n) is 6.45. The number of morpholine rings is 1. The molecule has 1 aliphatic heterocycles. The molecular formula is C12H21N3O5. The summed E-state index contributed by atoms with van der Waals surface area (Å²) in [5.41, 5.74) is 0. The number of urea groups is 1. The summed E-state index contributed by atoms with van der Waals surface area (Å²) in [6.45, 7) is 4.09. The van der Waals surface area contributed by atoms with Gasteiger partial charge in [0.1, 0.15) is 6.54 Å². The fraction of sp³-hybridized carbons (Fsp3) is 0.750. The zero-order valence-corrected chi connectivity index (χ0v) is 12.0. The van der Waals surface area contributed by atoms with Gasteiger partial charge in [0.2, 0.25) is 5.91 Å². The molecule has 1 heterocycles. The van der Waals surface area contributed by atoms with Crippen molar-refractivity contribution in [3.05, 3.63) is 0 Å². The molecule has 1 atom stereocenters. The number of nitrogens with one attached hydrogen (secondary N) is 1. The second-order valence-corrected chi connectivity index (χ2v) is 5.00. The second kappa shape index (κ2) is 7.09. The third kappa shape index (κ3) is 4.69. The molecule has 3 amide bonds. The van der Waals surface area contributed by atoms with Gasteiger partial charge < -0.3 is 25.0 Å². The quantitative estimate of drug-likeness (QED) is 0.715. The summed E-state index contributed by atoms with van der Waals surface area (Å²) in [5, 5.41) is 11.6. The van der Waals surface area contributed by atoms with Crippen LogP contribution in [0.2, 0.25) is 0 Å². The molecule has 114 valence electrons. The first kappa shape index (κ1) is 16.2. The van der Waals surface area contributed by atoms with E-state index in [-0.39, 0.29) is 37.7 Å². The number of hydrogen-bond donors (Lipinski definition) is 2. The van der Waals surface area contributed by atoms with Crippen molar-refractivity contribution in [2.24, 2.45) is 0 Å². The molecule has 2 N–H and O–H groups in total. The molecule has 0 aromatic carbocycles. The average Bonchev–Trinajstić information content (AvgIpc) is 2.36. The minimum atomic E-state index is -1.09. The van der Waals surface area contributed by atoms with Crippen LogP contribution in [0.1, 0.15) is 13.8 Å². The van der Waals surface area contributed by atoms with E-state index in [1.807, 2.05) is 13.8 Å². The number of ether oxygens (including phenoxy) is 1. The van der Waals surface area contributed by atoms with Gasteiger partial charge in [-0.2, -0.15) is 0 Å². The molecule has 8 nitrogen and oxygen atoms in total. The molecule has 0 bridgehead atoms. The van der Waals surface area contributed by atoms with E-state index in [1.165, 1.54) is 16.8 Å². The van der Waals surface area contributed by atoms with Crippen molar-refractivity contribution in [2.75, 3.05) is 33.3 Å². The number of carbonyl (C=O) groups excluding carboxylic acids is 2. The second-order valence-electron chi connectivity index (χ2n) is 5.00.